The van der Waals surface area contributed by atoms with E-state index in [-0.39, 0.29) is 0 Å². The first-order chi connectivity index (χ1) is 8.83. The Morgan fingerprint density at radius 2 is 1.94 bits per heavy atom. The molecule has 0 aliphatic carbocycles. The molecule has 0 aromatic heterocycles. The Morgan fingerprint density at radius 1 is 1.11 bits per heavy atom. The zero-order valence-electron chi connectivity index (χ0n) is 11.1. The summed E-state index contributed by atoms with van der Waals surface area (Å²) in [6, 6.07) is 15.4. The maximum absolute atomic E-state index is 2.61. The van der Waals surface area contributed by atoms with Crippen molar-refractivity contribution in [1.82, 2.24) is 4.90 Å². The lowest BCUT2D eigenvalue weighted by atomic mass is 9.98. The van der Waals surface area contributed by atoms with E-state index in [0.717, 1.165) is 12.5 Å². The summed E-state index contributed by atoms with van der Waals surface area (Å²) in [5.41, 5.74) is 1.47. The quantitative estimate of drug-likeness (QED) is 0.763. The molecule has 0 N–H and O–H groups in total. The Bertz CT molecular complexity index is 527. The maximum Gasteiger partial charge on any atom is 0.0240 e. The lowest BCUT2D eigenvalue weighted by Gasteiger charge is -2.31. The normalized spacial score (nSPS) is 21.3. The number of fused-ring (bicyclic) bond motifs is 1. The molecule has 1 heterocycles. The summed E-state index contributed by atoms with van der Waals surface area (Å²) < 4.78 is 0. The molecule has 1 fully saturated rings. The van der Waals surface area contributed by atoms with Crippen LogP contribution in [0.2, 0.25) is 0 Å². The molecule has 18 heavy (non-hydrogen) atoms. The van der Waals surface area contributed by atoms with Crippen LogP contribution in [-0.4, -0.2) is 18.0 Å². The molecule has 0 radical (unpaired) electrons. The number of rotatable bonds is 2. The molecule has 1 nitrogen and oxygen atoms in total. The number of likely N-dealkylation sites (tertiary alicyclic amines) is 1. The number of benzene rings is 2. The average Bonchev–Trinajstić information content (AvgIpc) is 2.39. The minimum absolute atomic E-state index is 0.855. The fourth-order valence-electron chi connectivity index (χ4n) is 3.10. The summed E-state index contributed by atoms with van der Waals surface area (Å²) in [6.07, 6.45) is 2.75. The fourth-order valence-corrected chi connectivity index (χ4v) is 3.10. The summed E-state index contributed by atoms with van der Waals surface area (Å²) in [6.45, 7) is 5.98. The highest BCUT2D eigenvalue weighted by Crippen LogP contribution is 2.22. The van der Waals surface area contributed by atoms with Crippen LogP contribution in [0.1, 0.15) is 25.3 Å². The highest BCUT2D eigenvalue weighted by atomic mass is 15.1. The van der Waals surface area contributed by atoms with Crippen LogP contribution in [0.3, 0.4) is 0 Å². The van der Waals surface area contributed by atoms with E-state index in [0.29, 0.717) is 0 Å². The van der Waals surface area contributed by atoms with Crippen LogP contribution in [0.15, 0.2) is 42.5 Å². The molecule has 1 saturated heterocycles. The van der Waals surface area contributed by atoms with Crippen LogP contribution >= 0.6 is 0 Å². The van der Waals surface area contributed by atoms with Gasteiger partial charge in [0, 0.05) is 13.1 Å². The van der Waals surface area contributed by atoms with E-state index in [2.05, 4.69) is 54.3 Å². The predicted molar refractivity (Wildman–Crippen MR) is 77.6 cm³/mol. The molecule has 94 valence electrons. The van der Waals surface area contributed by atoms with Gasteiger partial charge in [-0.05, 0) is 41.6 Å². The van der Waals surface area contributed by atoms with Crippen LogP contribution in [0, 0.1) is 5.92 Å². The van der Waals surface area contributed by atoms with Gasteiger partial charge in [0.1, 0.15) is 0 Å². The molecule has 0 saturated carbocycles. The van der Waals surface area contributed by atoms with Crippen molar-refractivity contribution in [2.45, 2.75) is 26.3 Å². The molecule has 0 amide bonds. The van der Waals surface area contributed by atoms with Crippen LogP contribution in [-0.2, 0) is 6.54 Å². The first-order valence-electron chi connectivity index (χ1n) is 7.02. The van der Waals surface area contributed by atoms with Crippen molar-refractivity contribution in [2.24, 2.45) is 5.92 Å². The number of hydrogen-bond acceptors (Lipinski definition) is 1. The first kappa shape index (κ1) is 11.7. The van der Waals surface area contributed by atoms with Crippen LogP contribution in [0.25, 0.3) is 10.8 Å². The molecular formula is C17H21N. The third-order valence-corrected chi connectivity index (χ3v) is 4.02. The molecular weight excluding hydrogens is 218 g/mol. The van der Waals surface area contributed by atoms with Crippen molar-refractivity contribution in [2.75, 3.05) is 13.1 Å². The molecule has 3 rings (SSSR count). The van der Waals surface area contributed by atoms with E-state index >= 15 is 0 Å². The second kappa shape index (κ2) is 5.11. The molecule has 1 aliphatic heterocycles. The van der Waals surface area contributed by atoms with Crippen LogP contribution < -0.4 is 0 Å². The minimum atomic E-state index is 0.855. The van der Waals surface area contributed by atoms with Gasteiger partial charge in [-0.15, -0.1) is 0 Å². The standard InChI is InChI=1S/C17H21N/c1-14-6-5-11-18(12-14)13-16-9-4-8-15-7-2-3-10-17(15)16/h2-4,7-10,14H,5-6,11-13H2,1H3. The van der Waals surface area contributed by atoms with Gasteiger partial charge >= 0.3 is 0 Å². The monoisotopic (exact) mass is 239 g/mol. The van der Waals surface area contributed by atoms with Gasteiger partial charge in [-0.25, -0.2) is 0 Å². The molecule has 1 unspecified atom stereocenters. The minimum Gasteiger partial charge on any atom is -0.299 e. The van der Waals surface area contributed by atoms with E-state index in [4.69, 9.17) is 0 Å². The Morgan fingerprint density at radius 3 is 2.83 bits per heavy atom. The SMILES string of the molecule is CC1CCCN(Cc2cccc3ccccc23)C1. The van der Waals surface area contributed by atoms with Crippen molar-refractivity contribution in [3.63, 3.8) is 0 Å². The summed E-state index contributed by atoms with van der Waals surface area (Å²) >= 11 is 0. The lowest BCUT2D eigenvalue weighted by molar-refractivity contribution is 0.177. The van der Waals surface area contributed by atoms with Crippen molar-refractivity contribution in [1.29, 1.82) is 0 Å². The summed E-state index contributed by atoms with van der Waals surface area (Å²) in [5, 5.41) is 2.78. The van der Waals surface area contributed by atoms with Gasteiger partial charge in [0.25, 0.3) is 0 Å². The molecule has 1 aliphatic rings. The number of piperidine rings is 1. The smallest absolute Gasteiger partial charge is 0.0240 e. The highest BCUT2D eigenvalue weighted by Gasteiger charge is 2.16. The molecule has 2 aromatic carbocycles. The zero-order valence-corrected chi connectivity index (χ0v) is 11.1. The van der Waals surface area contributed by atoms with Gasteiger partial charge < -0.3 is 0 Å². The van der Waals surface area contributed by atoms with Gasteiger partial charge in [-0.1, -0.05) is 49.4 Å². The third-order valence-electron chi connectivity index (χ3n) is 4.02. The van der Waals surface area contributed by atoms with Gasteiger partial charge in [0.2, 0.25) is 0 Å². The Kier molecular flexibility index (Phi) is 3.33. The molecule has 2 aromatic rings. The van der Waals surface area contributed by atoms with E-state index in [1.807, 2.05) is 0 Å². The maximum atomic E-state index is 2.61. The highest BCUT2D eigenvalue weighted by molar-refractivity contribution is 5.85. The lowest BCUT2D eigenvalue weighted by Crippen LogP contribution is -2.33. The Hall–Kier alpha value is -1.34. The zero-order chi connectivity index (χ0) is 12.4. The largest absolute Gasteiger partial charge is 0.299 e. The molecule has 1 atom stereocenters. The molecule has 1 heteroatoms. The van der Waals surface area contributed by atoms with Crippen molar-refractivity contribution >= 4 is 10.8 Å². The van der Waals surface area contributed by atoms with Crippen molar-refractivity contribution in [3.8, 4) is 0 Å². The van der Waals surface area contributed by atoms with Crippen LogP contribution in [0.5, 0.6) is 0 Å². The van der Waals surface area contributed by atoms with Crippen molar-refractivity contribution in [3.05, 3.63) is 48.0 Å². The van der Waals surface area contributed by atoms with E-state index in [1.165, 1.54) is 42.3 Å². The Balaban J connectivity index is 1.86. The van der Waals surface area contributed by atoms with Gasteiger partial charge in [0.05, 0.1) is 0 Å². The van der Waals surface area contributed by atoms with E-state index < -0.39 is 0 Å². The van der Waals surface area contributed by atoms with Crippen molar-refractivity contribution < 1.29 is 0 Å². The van der Waals surface area contributed by atoms with Gasteiger partial charge in [0.15, 0.2) is 0 Å². The fraction of sp³-hybridized carbons (Fsp3) is 0.412. The topological polar surface area (TPSA) is 3.24 Å². The third kappa shape index (κ3) is 2.41. The molecule has 0 bridgehead atoms. The van der Waals surface area contributed by atoms with E-state index in [9.17, 15) is 0 Å². The van der Waals surface area contributed by atoms with Gasteiger partial charge in [-0.2, -0.15) is 0 Å². The predicted octanol–water partition coefficient (Wildman–Crippen LogP) is 4.07. The Labute approximate surface area is 109 Å². The first-order valence-corrected chi connectivity index (χ1v) is 7.02. The van der Waals surface area contributed by atoms with Gasteiger partial charge in [-0.3, -0.25) is 4.90 Å². The summed E-state index contributed by atoms with van der Waals surface area (Å²) in [7, 11) is 0. The summed E-state index contributed by atoms with van der Waals surface area (Å²) in [5.74, 6) is 0.855. The second-order valence-corrected chi connectivity index (χ2v) is 5.62. The second-order valence-electron chi connectivity index (χ2n) is 5.62. The number of nitrogens with zero attached hydrogens (tertiary/aromatic N) is 1. The summed E-state index contributed by atoms with van der Waals surface area (Å²) in [4.78, 5) is 2.61. The van der Waals surface area contributed by atoms with Crippen LogP contribution in [0.4, 0.5) is 0 Å². The molecule has 0 spiro atoms. The number of hydrogen-bond donors (Lipinski definition) is 0. The van der Waals surface area contributed by atoms with E-state index in [1.54, 1.807) is 0 Å². The average molecular weight is 239 g/mol.